The van der Waals surface area contributed by atoms with E-state index in [2.05, 4.69) is 46.3 Å². The fraction of sp³-hybridized carbons (Fsp3) is 0.217. The van der Waals surface area contributed by atoms with Crippen LogP contribution in [-0.4, -0.2) is 42.0 Å². The number of hydrogen-bond acceptors (Lipinski definition) is 3. The monoisotopic (exact) mass is 357 g/mol. The van der Waals surface area contributed by atoms with Crippen molar-refractivity contribution >= 4 is 11.6 Å². The Kier molecular flexibility index (Phi) is 5.15. The summed E-state index contributed by atoms with van der Waals surface area (Å²) in [4.78, 5) is 21.0. The molecule has 0 radical (unpaired) electrons. The minimum Gasteiger partial charge on any atom is -0.368 e. The quantitative estimate of drug-likeness (QED) is 0.715. The first kappa shape index (κ1) is 17.3. The molecule has 3 aromatic rings. The van der Waals surface area contributed by atoms with Gasteiger partial charge in [0.2, 0.25) is 5.91 Å². The lowest BCUT2D eigenvalue weighted by molar-refractivity contribution is -0.130. The van der Waals surface area contributed by atoms with Crippen molar-refractivity contribution < 1.29 is 4.79 Å². The van der Waals surface area contributed by atoms with Gasteiger partial charge in [0.25, 0.3) is 0 Å². The Morgan fingerprint density at radius 2 is 1.41 bits per heavy atom. The molecule has 0 N–H and O–H groups in total. The minimum absolute atomic E-state index is 0.205. The van der Waals surface area contributed by atoms with Crippen LogP contribution in [0, 0.1) is 0 Å². The van der Waals surface area contributed by atoms with Crippen LogP contribution in [0.2, 0.25) is 0 Å². The van der Waals surface area contributed by atoms with Crippen molar-refractivity contribution in [1.29, 1.82) is 0 Å². The van der Waals surface area contributed by atoms with Crippen molar-refractivity contribution in [3.8, 4) is 11.1 Å². The zero-order valence-corrected chi connectivity index (χ0v) is 15.3. The third kappa shape index (κ3) is 4.17. The van der Waals surface area contributed by atoms with E-state index in [9.17, 15) is 4.79 Å². The van der Waals surface area contributed by atoms with Gasteiger partial charge in [0, 0.05) is 44.3 Å². The maximum Gasteiger partial charge on any atom is 0.227 e. The Bertz CT molecular complexity index is 871. The lowest BCUT2D eigenvalue weighted by atomic mass is 10.0. The highest BCUT2D eigenvalue weighted by molar-refractivity contribution is 5.79. The molecule has 0 bridgehead atoms. The van der Waals surface area contributed by atoms with Crippen molar-refractivity contribution in [3.63, 3.8) is 0 Å². The second-order valence-electron chi connectivity index (χ2n) is 6.81. The van der Waals surface area contributed by atoms with Crippen LogP contribution in [0.25, 0.3) is 11.1 Å². The molecule has 0 saturated carbocycles. The number of aromatic nitrogens is 1. The molecule has 4 heteroatoms. The van der Waals surface area contributed by atoms with E-state index in [-0.39, 0.29) is 5.91 Å². The van der Waals surface area contributed by atoms with Gasteiger partial charge in [0.05, 0.1) is 6.42 Å². The fourth-order valence-electron chi connectivity index (χ4n) is 3.50. The number of piperazine rings is 1. The Morgan fingerprint density at radius 3 is 2.07 bits per heavy atom. The van der Waals surface area contributed by atoms with E-state index in [0.717, 1.165) is 31.7 Å². The van der Waals surface area contributed by atoms with Gasteiger partial charge in [-0.3, -0.25) is 9.78 Å². The van der Waals surface area contributed by atoms with Gasteiger partial charge in [-0.15, -0.1) is 0 Å². The highest BCUT2D eigenvalue weighted by Crippen LogP contribution is 2.20. The molecule has 0 atom stereocenters. The lowest BCUT2D eigenvalue weighted by Gasteiger charge is -2.36. The van der Waals surface area contributed by atoms with Gasteiger partial charge in [-0.2, -0.15) is 0 Å². The molecule has 2 aromatic carbocycles. The van der Waals surface area contributed by atoms with Crippen LogP contribution in [-0.2, 0) is 11.2 Å². The number of benzene rings is 2. The number of pyridine rings is 1. The molecule has 136 valence electrons. The molecule has 1 aliphatic rings. The molecule has 27 heavy (non-hydrogen) atoms. The number of nitrogens with zero attached hydrogens (tertiary/aromatic N) is 3. The Hall–Kier alpha value is -3.14. The Labute approximate surface area is 160 Å². The molecule has 1 aliphatic heterocycles. The van der Waals surface area contributed by atoms with Gasteiger partial charge in [-0.1, -0.05) is 54.6 Å². The second-order valence-corrected chi connectivity index (χ2v) is 6.81. The van der Waals surface area contributed by atoms with Gasteiger partial charge in [0.1, 0.15) is 0 Å². The molecule has 0 aliphatic carbocycles. The van der Waals surface area contributed by atoms with E-state index in [0.29, 0.717) is 6.42 Å². The number of rotatable bonds is 4. The normalized spacial score (nSPS) is 14.2. The fourth-order valence-corrected chi connectivity index (χ4v) is 3.50. The van der Waals surface area contributed by atoms with Crippen LogP contribution in [0.15, 0.2) is 79.1 Å². The standard InChI is InChI=1S/C23H23N3O/c27-23(26-16-14-25(15-17-26)22-10-12-24-13-11-22)18-19-6-8-21(9-7-19)20-4-2-1-3-5-20/h1-13H,14-18H2. The molecular formula is C23H23N3O. The number of amides is 1. The third-order valence-electron chi connectivity index (χ3n) is 5.08. The molecule has 1 amide bonds. The summed E-state index contributed by atoms with van der Waals surface area (Å²) in [6, 6.07) is 22.7. The SMILES string of the molecule is O=C(Cc1ccc(-c2ccccc2)cc1)N1CCN(c2ccncc2)CC1. The predicted molar refractivity (Wildman–Crippen MR) is 109 cm³/mol. The smallest absolute Gasteiger partial charge is 0.227 e. The molecule has 1 aromatic heterocycles. The molecule has 2 heterocycles. The predicted octanol–water partition coefficient (Wildman–Crippen LogP) is 3.64. The van der Waals surface area contributed by atoms with Gasteiger partial charge in [-0.05, 0) is 28.8 Å². The molecular weight excluding hydrogens is 334 g/mol. The van der Waals surface area contributed by atoms with E-state index in [1.165, 1.54) is 16.8 Å². The van der Waals surface area contributed by atoms with E-state index in [1.54, 1.807) is 0 Å². The van der Waals surface area contributed by atoms with Gasteiger partial charge in [0.15, 0.2) is 0 Å². The van der Waals surface area contributed by atoms with Crippen LogP contribution in [0.3, 0.4) is 0 Å². The summed E-state index contributed by atoms with van der Waals surface area (Å²) in [7, 11) is 0. The van der Waals surface area contributed by atoms with Crippen LogP contribution in [0.5, 0.6) is 0 Å². The highest BCUT2D eigenvalue weighted by Gasteiger charge is 2.21. The first-order valence-electron chi connectivity index (χ1n) is 9.37. The van der Waals surface area contributed by atoms with E-state index in [4.69, 9.17) is 0 Å². The summed E-state index contributed by atoms with van der Waals surface area (Å²) >= 11 is 0. The average Bonchev–Trinajstić information content (AvgIpc) is 2.76. The number of hydrogen-bond donors (Lipinski definition) is 0. The summed E-state index contributed by atoms with van der Waals surface area (Å²) in [6.45, 7) is 3.26. The van der Waals surface area contributed by atoms with E-state index in [1.807, 2.05) is 47.6 Å². The van der Waals surface area contributed by atoms with Crippen LogP contribution < -0.4 is 4.90 Å². The van der Waals surface area contributed by atoms with Crippen molar-refractivity contribution in [2.75, 3.05) is 31.1 Å². The minimum atomic E-state index is 0.205. The topological polar surface area (TPSA) is 36.4 Å². The van der Waals surface area contributed by atoms with Crippen LogP contribution in [0.4, 0.5) is 5.69 Å². The number of carbonyl (C=O) groups excluding carboxylic acids is 1. The maximum atomic E-state index is 12.7. The average molecular weight is 357 g/mol. The molecule has 1 fully saturated rings. The summed E-state index contributed by atoms with van der Waals surface area (Å²) in [5, 5.41) is 0. The highest BCUT2D eigenvalue weighted by atomic mass is 16.2. The lowest BCUT2D eigenvalue weighted by Crippen LogP contribution is -2.49. The first-order valence-corrected chi connectivity index (χ1v) is 9.37. The molecule has 0 spiro atoms. The number of anilines is 1. The van der Waals surface area contributed by atoms with Gasteiger partial charge >= 0.3 is 0 Å². The molecule has 1 saturated heterocycles. The van der Waals surface area contributed by atoms with Gasteiger partial charge in [-0.25, -0.2) is 0 Å². The molecule has 0 unspecified atom stereocenters. The Balaban J connectivity index is 1.33. The first-order chi connectivity index (χ1) is 13.3. The summed E-state index contributed by atoms with van der Waals surface area (Å²) in [6.07, 6.45) is 4.09. The van der Waals surface area contributed by atoms with E-state index < -0.39 is 0 Å². The number of carbonyl (C=O) groups is 1. The largest absolute Gasteiger partial charge is 0.368 e. The zero-order chi connectivity index (χ0) is 18.5. The third-order valence-corrected chi connectivity index (χ3v) is 5.08. The van der Waals surface area contributed by atoms with Crippen LogP contribution in [0.1, 0.15) is 5.56 Å². The zero-order valence-electron chi connectivity index (χ0n) is 15.3. The van der Waals surface area contributed by atoms with Crippen molar-refractivity contribution in [1.82, 2.24) is 9.88 Å². The molecule has 4 nitrogen and oxygen atoms in total. The van der Waals surface area contributed by atoms with Crippen molar-refractivity contribution in [2.24, 2.45) is 0 Å². The van der Waals surface area contributed by atoms with Gasteiger partial charge < -0.3 is 9.80 Å². The van der Waals surface area contributed by atoms with E-state index >= 15 is 0 Å². The maximum absolute atomic E-state index is 12.7. The Morgan fingerprint density at radius 1 is 0.778 bits per heavy atom. The molecule has 4 rings (SSSR count). The summed E-state index contributed by atoms with van der Waals surface area (Å²) in [5.74, 6) is 0.205. The van der Waals surface area contributed by atoms with Crippen molar-refractivity contribution in [3.05, 3.63) is 84.7 Å². The van der Waals surface area contributed by atoms with Crippen LogP contribution >= 0.6 is 0 Å². The van der Waals surface area contributed by atoms with Crippen molar-refractivity contribution in [2.45, 2.75) is 6.42 Å². The summed E-state index contributed by atoms with van der Waals surface area (Å²) in [5.41, 5.74) is 4.62. The summed E-state index contributed by atoms with van der Waals surface area (Å²) < 4.78 is 0. The second kappa shape index (κ2) is 8.04.